The van der Waals surface area contributed by atoms with Crippen LogP contribution >= 0.6 is 23.2 Å². The number of methoxy groups -OCH3 is 1. The molecular formula is C24H22Cl2N2O5. The number of esters is 1. The molecule has 0 aliphatic carbocycles. The number of nitriles is 1. The lowest BCUT2D eigenvalue weighted by atomic mass is 9.82. The highest BCUT2D eigenvalue weighted by Gasteiger charge is 2.38. The molecule has 9 heteroatoms. The molecule has 2 N–H and O–H groups in total. The van der Waals surface area contributed by atoms with Crippen LogP contribution < -0.4 is 15.2 Å². The van der Waals surface area contributed by atoms with Crippen molar-refractivity contribution in [2.24, 2.45) is 5.73 Å². The lowest BCUT2D eigenvalue weighted by Crippen LogP contribution is -2.25. The third-order valence-corrected chi connectivity index (χ3v) is 5.61. The molecule has 0 spiro atoms. The fourth-order valence-electron chi connectivity index (χ4n) is 3.54. The van der Waals surface area contributed by atoms with Gasteiger partial charge >= 0.3 is 5.97 Å². The molecule has 7 nitrogen and oxygen atoms in total. The van der Waals surface area contributed by atoms with Crippen molar-refractivity contribution in [3.63, 3.8) is 0 Å². The van der Waals surface area contributed by atoms with Crippen molar-refractivity contribution < 1.29 is 23.7 Å². The molecule has 1 aliphatic heterocycles. The van der Waals surface area contributed by atoms with E-state index < -0.39 is 11.9 Å². The highest BCUT2D eigenvalue weighted by molar-refractivity contribution is 6.35. The Kier molecular flexibility index (Phi) is 7.75. The molecule has 0 aromatic heterocycles. The van der Waals surface area contributed by atoms with Gasteiger partial charge in [0.1, 0.15) is 24.0 Å². The number of hydrogen-bond donors (Lipinski definition) is 1. The second-order valence-electron chi connectivity index (χ2n) is 7.02. The summed E-state index contributed by atoms with van der Waals surface area (Å²) in [5.74, 6) is -0.618. The molecule has 1 aliphatic rings. The fourth-order valence-corrected chi connectivity index (χ4v) is 4.00. The molecule has 172 valence electrons. The van der Waals surface area contributed by atoms with Crippen LogP contribution in [0.1, 0.15) is 30.9 Å². The Morgan fingerprint density at radius 1 is 1.24 bits per heavy atom. The van der Waals surface area contributed by atoms with Crippen LogP contribution in [-0.4, -0.2) is 19.7 Å². The summed E-state index contributed by atoms with van der Waals surface area (Å²) in [7, 11) is 1.25. The van der Waals surface area contributed by atoms with Crippen LogP contribution in [0.25, 0.3) is 0 Å². The van der Waals surface area contributed by atoms with Gasteiger partial charge in [-0.3, -0.25) is 0 Å². The van der Waals surface area contributed by atoms with Crippen molar-refractivity contribution in [3.05, 3.63) is 80.4 Å². The Morgan fingerprint density at radius 2 is 2.00 bits per heavy atom. The van der Waals surface area contributed by atoms with Gasteiger partial charge < -0.3 is 24.7 Å². The second-order valence-corrected chi connectivity index (χ2v) is 7.86. The topological polar surface area (TPSA) is 104 Å². The zero-order valence-corrected chi connectivity index (χ0v) is 19.8. The van der Waals surface area contributed by atoms with E-state index in [-0.39, 0.29) is 29.4 Å². The second kappa shape index (κ2) is 10.5. The lowest BCUT2D eigenvalue weighted by molar-refractivity contribution is -0.136. The summed E-state index contributed by atoms with van der Waals surface area (Å²) >= 11 is 12.3. The molecule has 1 atom stereocenters. The number of rotatable bonds is 7. The van der Waals surface area contributed by atoms with Crippen molar-refractivity contribution >= 4 is 29.2 Å². The molecule has 3 rings (SSSR count). The number of hydrogen-bond acceptors (Lipinski definition) is 7. The molecule has 1 heterocycles. The van der Waals surface area contributed by atoms with E-state index in [2.05, 4.69) is 6.07 Å². The minimum Gasteiger partial charge on any atom is -0.490 e. The molecular weight excluding hydrogens is 467 g/mol. The maximum absolute atomic E-state index is 12.7. The van der Waals surface area contributed by atoms with E-state index in [1.165, 1.54) is 7.11 Å². The van der Waals surface area contributed by atoms with E-state index in [9.17, 15) is 10.1 Å². The van der Waals surface area contributed by atoms with Crippen LogP contribution in [0.3, 0.4) is 0 Å². The first-order valence-electron chi connectivity index (χ1n) is 10.0. The van der Waals surface area contributed by atoms with Gasteiger partial charge in [0.25, 0.3) is 0 Å². The van der Waals surface area contributed by atoms with Crippen molar-refractivity contribution in [1.29, 1.82) is 5.26 Å². The number of para-hydroxylation sites is 1. The predicted molar refractivity (Wildman–Crippen MR) is 124 cm³/mol. The molecule has 2 aromatic carbocycles. The minimum atomic E-state index is -0.882. The molecule has 0 radical (unpaired) electrons. The Hall–Kier alpha value is -3.34. The highest BCUT2D eigenvalue weighted by atomic mass is 35.5. The SMILES string of the molecule is CCOc1cccc([C@H]2C(C#N)=C(N)OC(C)=C2C(=O)OC)c1OCc1ccc(Cl)cc1Cl. The summed E-state index contributed by atoms with van der Waals surface area (Å²) in [5, 5.41) is 10.8. The Balaban J connectivity index is 2.16. The zero-order valence-electron chi connectivity index (χ0n) is 18.3. The van der Waals surface area contributed by atoms with Crippen molar-refractivity contribution in [2.75, 3.05) is 13.7 Å². The van der Waals surface area contributed by atoms with Crippen molar-refractivity contribution in [1.82, 2.24) is 0 Å². The van der Waals surface area contributed by atoms with Gasteiger partial charge in [-0.2, -0.15) is 5.26 Å². The molecule has 0 fully saturated rings. The molecule has 0 bridgehead atoms. The van der Waals surface area contributed by atoms with Gasteiger partial charge in [-0.1, -0.05) is 41.4 Å². The van der Waals surface area contributed by atoms with Crippen LogP contribution in [0.5, 0.6) is 11.5 Å². The maximum atomic E-state index is 12.7. The fraction of sp³-hybridized carbons (Fsp3) is 0.250. The summed E-state index contributed by atoms with van der Waals surface area (Å²) in [5.41, 5.74) is 7.40. The first-order valence-corrected chi connectivity index (χ1v) is 10.8. The average Bonchev–Trinajstić information content (AvgIpc) is 2.78. The van der Waals surface area contributed by atoms with Crippen LogP contribution in [0.15, 0.2) is 59.2 Å². The Bertz CT molecular complexity index is 1180. The van der Waals surface area contributed by atoms with Crippen LogP contribution in [0.4, 0.5) is 0 Å². The quantitative estimate of drug-likeness (QED) is 0.532. The number of ether oxygens (including phenoxy) is 4. The number of nitrogens with two attached hydrogens (primary N) is 1. The van der Waals surface area contributed by atoms with E-state index in [1.807, 2.05) is 6.92 Å². The average molecular weight is 489 g/mol. The minimum absolute atomic E-state index is 0.0593. The number of carbonyl (C=O) groups excluding carboxylic acids is 1. The first kappa shape index (κ1) is 24.3. The Morgan fingerprint density at radius 3 is 2.64 bits per heavy atom. The summed E-state index contributed by atoms with van der Waals surface area (Å²) in [6.45, 7) is 3.88. The molecule has 0 amide bonds. The molecule has 0 saturated carbocycles. The first-order chi connectivity index (χ1) is 15.8. The largest absolute Gasteiger partial charge is 0.490 e. The Labute approximate surface area is 201 Å². The molecule has 0 unspecified atom stereocenters. The third-order valence-electron chi connectivity index (χ3n) is 5.02. The lowest BCUT2D eigenvalue weighted by Gasteiger charge is -2.28. The number of halogens is 2. The van der Waals surface area contributed by atoms with Crippen molar-refractivity contribution in [3.8, 4) is 17.6 Å². The van der Waals surface area contributed by atoms with E-state index >= 15 is 0 Å². The van der Waals surface area contributed by atoms with E-state index in [4.69, 9.17) is 47.9 Å². The summed E-state index contributed by atoms with van der Waals surface area (Å²) in [6.07, 6.45) is 0. The van der Waals surface area contributed by atoms with E-state index in [1.54, 1.807) is 43.3 Å². The number of nitrogens with zero attached hydrogens (tertiary/aromatic N) is 1. The summed E-state index contributed by atoms with van der Waals surface area (Å²) in [6, 6.07) is 12.3. The van der Waals surface area contributed by atoms with Gasteiger partial charge in [0.15, 0.2) is 11.5 Å². The monoisotopic (exact) mass is 488 g/mol. The number of carbonyl (C=O) groups is 1. The van der Waals surface area contributed by atoms with Crippen molar-refractivity contribution in [2.45, 2.75) is 26.4 Å². The van der Waals surface area contributed by atoms with Crippen LogP contribution in [0.2, 0.25) is 10.0 Å². The summed E-state index contributed by atoms with van der Waals surface area (Å²) in [4.78, 5) is 12.7. The molecule has 0 saturated heterocycles. The van der Waals surface area contributed by atoms with Crippen LogP contribution in [0, 0.1) is 11.3 Å². The standard InChI is InChI=1S/C24H22Cl2N2O5/c1-4-31-19-7-5-6-16(22(19)32-12-14-8-9-15(25)10-18(14)26)21-17(11-27)23(28)33-13(2)20(21)24(29)30-3/h5-10,21H,4,12,28H2,1-3H3/t21-/m0/s1. The number of benzene rings is 2. The van der Waals surface area contributed by atoms with E-state index in [0.29, 0.717) is 39.3 Å². The van der Waals surface area contributed by atoms with Gasteiger partial charge in [0, 0.05) is 21.2 Å². The summed E-state index contributed by atoms with van der Waals surface area (Å²) < 4.78 is 22.4. The zero-order chi connectivity index (χ0) is 24.1. The normalized spacial score (nSPS) is 15.6. The van der Waals surface area contributed by atoms with E-state index in [0.717, 1.165) is 0 Å². The van der Waals surface area contributed by atoms with Gasteiger partial charge in [0.05, 0.1) is 25.2 Å². The van der Waals surface area contributed by atoms with Crippen LogP contribution in [-0.2, 0) is 20.9 Å². The van der Waals surface area contributed by atoms with Gasteiger partial charge in [0.2, 0.25) is 5.88 Å². The molecule has 33 heavy (non-hydrogen) atoms. The van der Waals surface area contributed by atoms with Gasteiger partial charge in [-0.25, -0.2) is 4.79 Å². The third kappa shape index (κ3) is 5.03. The number of allylic oxidation sites excluding steroid dienone is 2. The molecule has 2 aromatic rings. The van der Waals surface area contributed by atoms with Gasteiger partial charge in [-0.15, -0.1) is 0 Å². The maximum Gasteiger partial charge on any atom is 0.338 e. The van der Waals surface area contributed by atoms with Gasteiger partial charge in [-0.05, 0) is 32.0 Å². The smallest absolute Gasteiger partial charge is 0.338 e. The predicted octanol–water partition coefficient (Wildman–Crippen LogP) is 5.23. The highest BCUT2D eigenvalue weighted by Crippen LogP contribution is 2.46.